The number of nitriles is 1. The van der Waals surface area contributed by atoms with E-state index in [0.29, 0.717) is 11.6 Å². The van der Waals surface area contributed by atoms with Crippen molar-refractivity contribution in [3.05, 3.63) is 28.2 Å². The van der Waals surface area contributed by atoms with Crippen molar-refractivity contribution in [2.24, 2.45) is 5.41 Å². The third-order valence-electron chi connectivity index (χ3n) is 3.29. The molecule has 0 saturated heterocycles. The van der Waals surface area contributed by atoms with Crippen LogP contribution in [0.25, 0.3) is 0 Å². The molecular formula is C14H19BrN2. The topological polar surface area (TPSA) is 27.0 Å². The highest BCUT2D eigenvalue weighted by Crippen LogP contribution is 2.30. The van der Waals surface area contributed by atoms with Crippen LogP contribution in [-0.2, 0) is 0 Å². The van der Waals surface area contributed by atoms with Gasteiger partial charge in [-0.25, -0.2) is 0 Å². The second-order valence-electron chi connectivity index (χ2n) is 5.43. The lowest BCUT2D eigenvalue weighted by Gasteiger charge is -2.37. The molecule has 0 radical (unpaired) electrons. The number of hydrogen-bond donors (Lipinski definition) is 0. The Labute approximate surface area is 112 Å². The summed E-state index contributed by atoms with van der Waals surface area (Å²) in [6, 6.07) is 8.44. The molecule has 1 aromatic carbocycles. The number of rotatable bonds is 2. The Kier molecular flexibility index (Phi) is 4.21. The second-order valence-corrected chi connectivity index (χ2v) is 6.34. The lowest BCUT2D eigenvalue weighted by molar-refractivity contribution is 0.329. The Morgan fingerprint density at radius 3 is 2.41 bits per heavy atom. The predicted molar refractivity (Wildman–Crippen MR) is 76.2 cm³/mol. The molecule has 17 heavy (non-hydrogen) atoms. The fourth-order valence-electron chi connectivity index (χ4n) is 1.69. The van der Waals surface area contributed by atoms with Crippen LogP contribution in [0.1, 0.15) is 33.3 Å². The molecule has 2 nitrogen and oxygen atoms in total. The number of hydrogen-bond acceptors (Lipinski definition) is 2. The molecule has 0 amide bonds. The van der Waals surface area contributed by atoms with Crippen LogP contribution in [0, 0.1) is 16.7 Å². The average Bonchev–Trinajstić information content (AvgIpc) is 2.25. The Hall–Kier alpha value is -1.01. The van der Waals surface area contributed by atoms with Gasteiger partial charge in [0.2, 0.25) is 0 Å². The van der Waals surface area contributed by atoms with Crippen molar-refractivity contribution in [2.75, 3.05) is 11.9 Å². The van der Waals surface area contributed by atoms with Crippen LogP contribution < -0.4 is 4.90 Å². The van der Waals surface area contributed by atoms with Crippen molar-refractivity contribution in [1.29, 1.82) is 5.26 Å². The molecule has 0 N–H and O–H groups in total. The monoisotopic (exact) mass is 294 g/mol. The fourth-order valence-corrected chi connectivity index (χ4v) is 2.06. The van der Waals surface area contributed by atoms with E-state index in [4.69, 9.17) is 0 Å². The van der Waals surface area contributed by atoms with E-state index in [-0.39, 0.29) is 5.41 Å². The largest absolute Gasteiger partial charge is 0.370 e. The molecule has 0 spiro atoms. The molecule has 0 aliphatic heterocycles. The molecule has 0 saturated carbocycles. The highest BCUT2D eigenvalue weighted by Gasteiger charge is 2.25. The van der Waals surface area contributed by atoms with Crippen molar-refractivity contribution in [3.63, 3.8) is 0 Å². The lowest BCUT2D eigenvalue weighted by Crippen LogP contribution is -2.39. The zero-order valence-electron chi connectivity index (χ0n) is 11.1. The van der Waals surface area contributed by atoms with E-state index in [1.54, 1.807) is 0 Å². The molecule has 1 atom stereocenters. The quantitative estimate of drug-likeness (QED) is 0.818. The predicted octanol–water partition coefficient (Wildman–Crippen LogP) is 4.19. The molecular weight excluding hydrogens is 276 g/mol. The van der Waals surface area contributed by atoms with Crippen LogP contribution in [0.5, 0.6) is 0 Å². The smallest absolute Gasteiger partial charge is 0.101 e. The number of anilines is 1. The number of nitrogens with zero attached hydrogens (tertiary/aromatic N) is 2. The molecule has 1 unspecified atom stereocenters. The van der Waals surface area contributed by atoms with Crippen molar-refractivity contribution >= 4 is 21.6 Å². The van der Waals surface area contributed by atoms with Gasteiger partial charge in [-0.2, -0.15) is 5.26 Å². The highest BCUT2D eigenvalue weighted by molar-refractivity contribution is 9.10. The first-order chi connectivity index (χ1) is 7.77. The molecule has 0 fully saturated rings. The summed E-state index contributed by atoms with van der Waals surface area (Å²) in [7, 11) is 2.04. The normalized spacial score (nSPS) is 13.0. The molecule has 0 bridgehead atoms. The van der Waals surface area contributed by atoms with Crippen LogP contribution in [0.3, 0.4) is 0 Å². The molecule has 1 rings (SSSR count). The standard InChI is InChI=1S/C14H19BrN2/c1-10(14(2,3)4)17(5)13-7-6-12(15)8-11(13)9-16/h6-8,10H,1-5H3. The Morgan fingerprint density at radius 1 is 1.35 bits per heavy atom. The maximum Gasteiger partial charge on any atom is 0.101 e. The Bertz CT molecular complexity index is 441. The van der Waals surface area contributed by atoms with Crippen molar-refractivity contribution in [1.82, 2.24) is 0 Å². The molecule has 92 valence electrons. The van der Waals surface area contributed by atoms with Crippen molar-refractivity contribution in [2.45, 2.75) is 33.7 Å². The van der Waals surface area contributed by atoms with E-state index in [0.717, 1.165) is 10.2 Å². The summed E-state index contributed by atoms with van der Waals surface area (Å²) in [6.07, 6.45) is 0. The lowest BCUT2D eigenvalue weighted by atomic mass is 9.86. The fraction of sp³-hybridized carbons (Fsp3) is 0.500. The van der Waals surface area contributed by atoms with Gasteiger partial charge in [0, 0.05) is 17.6 Å². The molecule has 0 aliphatic carbocycles. The first-order valence-corrected chi connectivity index (χ1v) is 6.49. The molecule has 1 aromatic rings. The van der Waals surface area contributed by atoms with E-state index in [2.05, 4.69) is 54.6 Å². The van der Waals surface area contributed by atoms with E-state index in [9.17, 15) is 5.26 Å². The minimum atomic E-state index is 0.175. The summed E-state index contributed by atoms with van der Waals surface area (Å²) in [5, 5.41) is 9.18. The van der Waals surface area contributed by atoms with E-state index in [1.165, 1.54) is 0 Å². The average molecular weight is 295 g/mol. The van der Waals surface area contributed by atoms with Crippen LogP contribution in [0.15, 0.2) is 22.7 Å². The van der Waals surface area contributed by atoms with E-state index < -0.39 is 0 Å². The van der Waals surface area contributed by atoms with Gasteiger partial charge in [0.15, 0.2) is 0 Å². The molecule has 0 aromatic heterocycles. The van der Waals surface area contributed by atoms with Gasteiger partial charge in [0.05, 0.1) is 11.3 Å². The zero-order chi connectivity index (χ0) is 13.2. The highest BCUT2D eigenvalue weighted by atomic mass is 79.9. The Balaban J connectivity index is 3.13. The minimum Gasteiger partial charge on any atom is -0.370 e. The number of halogens is 1. The third-order valence-corrected chi connectivity index (χ3v) is 3.79. The summed E-state index contributed by atoms with van der Waals surface area (Å²) in [6.45, 7) is 8.81. The summed E-state index contributed by atoms with van der Waals surface area (Å²) in [5.74, 6) is 0. The first-order valence-electron chi connectivity index (χ1n) is 5.70. The number of benzene rings is 1. The van der Waals surface area contributed by atoms with Crippen molar-refractivity contribution < 1.29 is 0 Å². The maximum absolute atomic E-state index is 9.18. The van der Waals surface area contributed by atoms with Gasteiger partial charge in [0.25, 0.3) is 0 Å². The SMILES string of the molecule is CC(N(C)c1ccc(Br)cc1C#N)C(C)(C)C. The molecule has 3 heteroatoms. The van der Waals surface area contributed by atoms with Crippen LogP contribution in [-0.4, -0.2) is 13.1 Å². The minimum absolute atomic E-state index is 0.175. The third kappa shape index (κ3) is 3.23. The second kappa shape index (κ2) is 5.10. The molecule has 0 heterocycles. The molecule has 0 aliphatic rings. The van der Waals surface area contributed by atoms with Gasteiger partial charge in [-0.3, -0.25) is 0 Å². The summed E-state index contributed by atoms with van der Waals surface area (Å²) >= 11 is 3.39. The summed E-state index contributed by atoms with van der Waals surface area (Å²) < 4.78 is 0.939. The van der Waals surface area contributed by atoms with Gasteiger partial charge in [-0.1, -0.05) is 36.7 Å². The van der Waals surface area contributed by atoms with Crippen LogP contribution in [0.2, 0.25) is 0 Å². The van der Waals surface area contributed by atoms with Gasteiger partial charge < -0.3 is 4.90 Å². The van der Waals surface area contributed by atoms with Crippen molar-refractivity contribution in [3.8, 4) is 6.07 Å². The Morgan fingerprint density at radius 2 is 1.94 bits per heavy atom. The zero-order valence-corrected chi connectivity index (χ0v) is 12.7. The van der Waals surface area contributed by atoms with E-state index >= 15 is 0 Å². The van der Waals surface area contributed by atoms with Gasteiger partial charge in [-0.05, 0) is 30.5 Å². The van der Waals surface area contributed by atoms with E-state index in [1.807, 2.05) is 25.2 Å². The van der Waals surface area contributed by atoms with Gasteiger partial charge in [0.1, 0.15) is 6.07 Å². The van der Waals surface area contributed by atoms with Gasteiger partial charge in [-0.15, -0.1) is 0 Å². The summed E-state index contributed by atoms with van der Waals surface area (Å²) in [4.78, 5) is 2.17. The van der Waals surface area contributed by atoms with Crippen LogP contribution >= 0.6 is 15.9 Å². The van der Waals surface area contributed by atoms with Crippen LogP contribution in [0.4, 0.5) is 5.69 Å². The first kappa shape index (κ1) is 14.1. The summed E-state index contributed by atoms with van der Waals surface area (Å²) in [5.41, 5.74) is 1.87. The maximum atomic E-state index is 9.18. The van der Waals surface area contributed by atoms with Gasteiger partial charge >= 0.3 is 0 Å².